The summed E-state index contributed by atoms with van der Waals surface area (Å²) in [7, 11) is 4.13. The molecule has 1 aliphatic rings. The summed E-state index contributed by atoms with van der Waals surface area (Å²) in [4.78, 5) is 14.1. The molecule has 1 aliphatic heterocycles. The van der Waals surface area contributed by atoms with Crippen LogP contribution in [0.15, 0.2) is 24.3 Å². The second-order valence-corrected chi connectivity index (χ2v) is 6.82. The molecule has 2 rings (SSSR count). The number of hydrogen-bond donors (Lipinski definition) is 2. The molecule has 7 heteroatoms. The van der Waals surface area contributed by atoms with E-state index in [1.807, 2.05) is 24.3 Å². The number of carbonyl (C=O) groups excluding carboxylic acids is 1. The summed E-state index contributed by atoms with van der Waals surface area (Å²) >= 11 is 0. The minimum Gasteiger partial charge on any atom is -0.494 e. The van der Waals surface area contributed by atoms with Crippen LogP contribution in [0.2, 0.25) is 0 Å². The van der Waals surface area contributed by atoms with Gasteiger partial charge in [0.2, 0.25) is 5.91 Å². The van der Waals surface area contributed by atoms with Crippen LogP contribution in [0.4, 0.5) is 0 Å². The molecule has 1 heterocycles. The van der Waals surface area contributed by atoms with E-state index in [0.29, 0.717) is 18.9 Å². The van der Waals surface area contributed by atoms with Crippen molar-refractivity contribution in [2.75, 3.05) is 40.3 Å². The highest BCUT2D eigenvalue weighted by molar-refractivity contribution is 5.85. The normalized spacial score (nSPS) is 15.9. The van der Waals surface area contributed by atoms with Crippen molar-refractivity contribution < 1.29 is 9.53 Å². The van der Waals surface area contributed by atoms with Gasteiger partial charge in [-0.3, -0.25) is 4.79 Å². The number of nitrogens with zero attached hydrogens (tertiary/aromatic N) is 1. The van der Waals surface area contributed by atoms with Crippen molar-refractivity contribution in [3.05, 3.63) is 29.8 Å². The van der Waals surface area contributed by atoms with Crippen LogP contribution in [0.5, 0.6) is 5.75 Å². The highest BCUT2D eigenvalue weighted by Gasteiger charge is 2.15. The van der Waals surface area contributed by atoms with Gasteiger partial charge in [-0.2, -0.15) is 0 Å². The third-order valence-corrected chi connectivity index (χ3v) is 4.37. The van der Waals surface area contributed by atoms with E-state index < -0.39 is 0 Å². The van der Waals surface area contributed by atoms with Crippen LogP contribution in [-0.4, -0.2) is 51.1 Å². The van der Waals surface area contributed by atoms with Gasteiger partial charge in [0.25, 0.3) is 0 Å². The fourth-order valence-corrected chi connectivity index (χ4v) is 2.86. The molecule has 26 heavy (non-hydrogen) atoms. The van der Waals surface area contributed by atoms with Crippen LogP contribution < -0.4 is 15.4 Å². The van der Waals surface area contributed by atoms with Gasteiger partial charge in [-0.25, -0.2) is 0 Å². The maximum atomic E-state index is 11.9. The lowest BCUT2D eigenvalue weighted by Gasteiger charge is -2.11. The molecule has 1 atom stereocenters. The van der Waals surface area contributed by atoms with Gasteiger partial charge in [0.05, 0.1) is 6.61 Å². The summed E-state index contributed by atoms with van der Waals surface area (Å²) in [5.41, 5.74) is 1.10. The predicted octanol–water partition coefficient (Wildman–Crippen LogP) is 2.87. The van der Waals surface area contributed by atoms with Gasteiger partial charge in [-0.05, 0) is 70.1 Å². The molecular weight excluding hydrogens is 373 g/mol. The molecule has 0 radical (unpaired) electrons. The Kier molecular flexibility index (Phi) is 13.6. The van der Waals surface area contributed by atoms with Crippen LogP contribution >= 0.6 is 24.8 Å². The molecule has 2 N–H and O–H groups in total. The lowest BCUT2D eigenvalue weighted by Crippen LogP contribution is -2.23. The Hall–Kier alpha value is -1.01. The first-order chi connectivity index (χ1) is 11.6. The average molecular weight is 406 g/mol. The van der Waals surface area contributed by atoms with E-state index in [1.165, 1.54) is 6.42 Å². The van der Waals surface area contributed by atoms with Crippen molar-refractivity contribution in [3.8, 4) is 5.75 Å². The standard InChI is InChI=1S/C19H31N3O2.2ClH/c1-22(2)12-3-13-24-18-7-4-16(5-8-18)15-21-19(23)9-6-17-10-11-20-14-17;;/h4-5,7-8,17,20H,3,6,9-15H2,1-2H3,(H,21,23);2*1H. The molecule has 0 aliphatic carbocycles. The van der Waals surface area contributed by atoms with E-state index in [-0.39, 0.29) is 30.7 Å². The Morgan fingerprint density at radius 1 is 1.27 bits per heavy atom. The third kappa shape index (κ3) is 10.2. The first kappa shape index (κ1) is 25.0. The molecule has 1 aromatic carbocycles. The Balaban J connectivity index is 0.00000312. The van der Waals surface area contributed by atoms with Crippen LogP contribution in [0.25, 0.3) is 0 Å². The van der Waals surface area contributed by atoms with E-state index in [0.717, 1.165) is 50.4 Å². The minimum atomic E-state index is 0. The molecule has 1 aromatic rings. The molecular formula is C19H33Cl2N3O2. The number of amides is 1. The highest BCUT2D eigenvalue weighted by Crippen LogP contribution is 2.15. The average Bonchev–Trinajstić information content (AvgIpc) is 3.09. The molecule has 1 amide bonds. The van der Waals surface area contributed by atoms with Gasteiger partial charge < -0.3 is 20.3 Å². The summed E-state index contributed by atoms with van der Waals surface area (Å²) in [6.45, 7) is 4.49. The second-order valence-electron chi connectivity index (χ2n) is 6.82. The van der Waals surface area contributed by atoms with Crippen LogP contribution in [0.1, 0.15) is 31.2 Å². The zero-order chi connectivity index (χ0) is 17.2. The smallest absolute Gasteiger partial charge is 0.220 e. The summed E-state index contributed by atoms with van der Waals surface area (Å²) in [5.74, 6) is 1.70. The monoisotopic (exact) mass is 405 g/mol. The van der Waals surface area contributed by atoms with Crippen molar-refractivity contribution >= 4 is 30.7 Å². The first-order valence-electron chi connectivity index (χ1n) is 8.97. The van der Waals surface area contributed by atoms with E-state index in [1.54, 1.807) is 0 Å². The molecule has 1 fully saturated rings. The van der Waals surface area contributed by atoms with Crippen LogP contribution in [0, 0.1) is 5.92 Å². The lowest BCUT2D eigenvalue weighted by atomic mass is 10.0. The van der Waals surface area contributed by atoms with Crippen molar-refractivity contribution in [2.24, 2.45) is 5.92 Å². The van der Waals surface area contributed by atoms with Crippen molar-refractivity contribution in [3.63, 3.8) is 0 Å². The Morgan fingerprint density at radius 3 is 2.62 bits per heavy atom. The van der Waals surface area contributed by atoms with E-state index in [2.05, 4.69) is 29.6 Å². The number of carbonyl (C=O) groups is 1. The molecule has 0 aromatic heterocycles. The fraction of sp³-hybridized carbons (Fsp3) is 0.632. The second kappa shape index (κ2) is 14.1. The number of nitrogens with one attached hydrogen (secondary N) is 2. The van der Waals surface area contributed by atoms with Gasteiger partial charge in [0.1, 0.15) is 5.75 Å². The molecule has 0 bridgehead atoms. The van der Waals surface area contributed by atoms with Crippen molar-refractivity contribution in [2.45, 2.75) is 32.2 Å². The van der Waals surface area contributed by atoms with Crippen LogP contribution in [0.3, 0.4) is 0 Å². The summed E-state index contributed by atoms with van der Waals surface area (Å²) in [6.07, 6.45) is 3.82. The van der Waals surface area contributed by atoms with Gasteiger partial charge in [-0.1, -0.05) is 12.1 Å². The summed E-state index contributed by atoms with van der Waals surface area (Å²) in [5, 5.41) is 6.34. The predicted molar refractivity (Wildman–Crippen MR) is 112 cm³/mol. The highest BCUT2D eigenvalue weighted by atomic mass is 35.5. The van der Waals surface area contributed by atoms with Crippen molar-refractivity contribution in [1.82, 2.24) is 15.5 Å². The molecule has 150 valence electrons. The van der Waals surface area contributed by atoms with Crippen LogP contribution in [-0.2, 0) is 11.3 Å². The molecule has 1 unspecified atom stereocenters. The first-order valence-corrected chi connectivity index (χ1v) is 8.97. The number of hydrogen-bond acceptors (Lipinski definition) is 4. The third-order valence-electron chi connectivity index (χ3n) is 4.37. The summed E-state index contributed by atoms with van der Waals surface area (Å²) in [6, 6.07) is 7.98. The van der Waals surface area contributed by atoms with Gasteiger partial charge in [0, 0.05) is 19.5 Å². The number of halogens is 2. The maximum Gasteiger partial charge on any atom is 0.220 e. The Bertz CT molecular complexity index is 492. The molecule has 0 saturated carbocycles. The summed E-state index contributed by atoms with van der Waals surface area (Å²) < 4.78 is 5.71. The lowest BCUT2D eigenvalue weighted by molar-refractivity contribution is -0.121. The largest absolute Gasteiger partial charge is 0.494 e. The minimum absolute atomic E-state index is 0. The zero-order valence-electron chi connectivity index (χ0n) is 15.8. The topological polar surface area (TPSA) is 53.6 Å². The number of ether oxygens (including phenoxy) is 1. The maximum absolute atomic E-state index is 11.9. The van der Waals surface area contributed by atoms with E-state index in [9.17, 15) is 4.79 Å². The van der Waals surface area contributed by atoms with Gasteiger partial charge in [0.15, 0.2) is 0 Å². The molecule has 0 spiro atoms. The Labute approximate surface area is 170 Å². The Morgan fingerprint density at radius 2 is 2.00 bits per heavy atom. The van der Waals surface area contributed by atoms with Gasteiger partial charge in [-0.15, -0.1) is 24.8 Å². The SMILES string of the molecule is CN(C)CCCOc1ccc(CNC(=O)CCC2CCNC2)cc1.Cl.Cl. The van der Waals surface area contributed by atoms with E-state index >= 15 is 0 Å². The quantitative estimate of drug-likeness (QED) is 0.587. The number of rotatable bonds is 10. The fourth-order valence-electron chi connectivity index (χ4n) is 2.86. The molecule has 5 nitrogen and oxygen atoms in total. The van der Waals surface area contributed by atoms with Gasteiger partial charge >= 0.3 is 0 Å². The zero-order valence-corrected chi connectivity index (χ0v) is 17.5. The van der Waals surface area contributed by atoms with E-state index in [4.69, 9.17) is 4.74 Å². The molecule has 1 saturated heterocycles. The van der Waals surface area contributed by atoms with Crippen molar-refractivity contribution in [1.29, 1.82) is 0 Å². The number of benzene rings is 1.